The van der Waals surface area contributed by atoms with Crippen molar-refractivity contribution in [1.82, 2.24) is 14.8 Å². The van der Waals surface area contributed by atoms with Crippen molar-refractivity contribution in [3.8, 4) is 5.69 Å². The summed E-state index contributed by atoms with van der Waals surface area (Å²) in [5.74, 6) is 0. The summed E-state index contributed by atoms with van der Waals surface area (Å²) >= 11 is 0. The second-order valence-electron chi connectivity index (χ2n) is 5.44. The summed E-state index contributed by atoms with van der Waals surface area (Å²) in [6.07, 6.45) is 7.04. The average molecular weight is 306 g/mol. The number of aromatic nitrogens is 3. The lowest BCUT2D eigenvalue weighted by molar-refractivity contribution is 0.579. The molecule has 7 heteroatoms. The number of sulfone groups is 1. The molecule has 2 unspecified atom stereocenters. The summed E-state index contributed by atoms with van der Waals surface area (Å²) in [6, 6.07) is 7.74. The summed E-state index contributed by atoms with van der Waals surface area (Å²) in [5.41, 5.74) is 1.85. The predicted octanol–water partition coefficient (Wildman–Crippen LogP) is 1.64. The lowest BCUT2D eigenvalue weighted by Crippen LogP contribution is -2.34. The van der Waals surface area contributed by atoms with E-state index in [4.69, 9.17) is 0 Å². The maximum atomic E-state index is 11.8. The largest absolute Gasteiger partial charge is 0.381 e. The molecular weight excluding hydrogens is 288 g/mol. The van der Waals surface area contributed by atoms with E-state index >= 15 is 0 Å². The topological polar surface area (TPSA) is 76.9 Å². The molecule has 3 rings (SSSR count). The molecule has 2 atom stereocenters. The highest BCUT2D eigenvalue weighted by atomic mass is 32.2. The first kappa shape index (κ1) is 14.1. The van der Waals surface area contributed by atoms with Crippen LogP contribution in [0.25, 0.3) is 5.69 Å². The molecule has 0 bridgehead atoms. The van der Waals surface area contributed by atoms with Crippen molar-refractivity contribution < 1.29 is 8.42 Å². The van der Waals surface area contributed by atoms with Gasteiger partial charge in [-0.05, 0) is 43.5 Å². The first-order valence-corrected chi connectivity index (χ1v) is 8.90. The van der Waals surface area contributed by atoms with Gasteiger partial charge in [0.25, 0.3) is 0 Å². The molecule has 0 amide bonds. The number of rotatable bonds is 4. The van der Waals surface area contributed by atoms with E-state index in [1.807, 2.05) is 24.3 Å². The van der Waals surface area contributed by atoms with Crippen molar-refractivity contribution in [2.45, 2.75) is 30.6 Å². The Morgan fingerprint density at radius 2 is 2.00 bits per heavy atom. The molecule has 1 aliphatic carbocycles. The Bertz CT molecular complexity index is 695. The van der Waals surface area contributed by atoms with Crippen LogP contribution in [0.3, 0.4) is 0 Å². The maximum Gasteiger partial charge on any atom is 0.152 e. The van der Waals surface area contributed by atoms with Crippen LogP contribution in [0.5, 0.6) is 0 Å². The summed E-state index contributed by atoms with van der Waals surface area (Å²) in [7, 11) is -3.00. The third-order valence-corrected chi connectivity index (χ3v) is 5.57. The smallest absolute Gasteiger partial charge is 0.152 e. The summed E-state index contributed by atoms with van der Waals surface area (Å²) in [6.45, 7) is 0. The SMILES string of the molecule is CS(=O)(=O)C1CCCC1Nc1ccc(-n2cncn2)cc1. The van der Waals surface area contributed by atoms with E-state index in [9.17, 15) is 8.42 Å². The Kier molecular flexibility index (Phi) is 3.67. The molecule has 2 aromatic rings. The molecule has 0 saturated heterocycles. The van der Waals surface area contributed by atoms with Gasteiger partial charge < -0.3 is 5.32 Å². The highest BCUT2D eigenvalue weighted by molar-refractivity contribution is 7.91. The first-order valence-electron chi connectivity index (χ1n) is 6.94. The number of hydrogen-bond acceptors (Lipinski definition) is 5. The van der Waals surface area contributed by atoms with Gasteiger partial charge in [-0.2, -0.15) is 5.10 Å². The summed E-state index contributed by atoms with van der Waals surface area (Å²) in [4.78, 5) is 3.91. The first-order chi connectivity index (χ1) is 10.0. The van der Waals surface area contributed by atoms with E-state index in [-0.39, 0.29) is 11.3 Å². The molecular formula is C14H18N4O2S. The molecule has 0 radical (unpaired) electrons. The monoisotopic (exact) mass is 306 g/mol. The molecule has 1 fully saturated rings. The normalized spacial score (nSPS) is 22.3. The highest BCUT2D eigenvalue weighted by Crippen LogP contribution is 2.28. The second-order valence-corrected chi connectivity index (χ2v) is 7.70. The predicted molar refractivity (Wildman–Crippen MR) is 81.3 cm³/mol. The second kappa shape index (κ2) is 5.48. The van der Waals surface area contributed by atoms with E-state index in [1.165, 1.54) is 12.6 Å². The van der Waals surface area contributed by atoms with Crippen molar-refractivity contribution >= 4 is 15.5 Å². The molecule has 21 heavy (non-hydrogen) atoms. The molecule has 112 valence electrons. The van der Waals surface area contributed by atoms with Gasteiger partial charge in [-0.25, -0.2) is 18.1 Å². The molecule has 1 N–H and O–H groups in total. The number of hydrogen-bond donors (Lipinski definition) is 1. The van der Waals surface area contributed by atoms with Crippen molar-refractivity contribution in [2.75, 3.05) is 11.6 Å². The molecule has 1 saturated carbocycles. The van der Waals surface area contributed by atoms with Crippen LogP contribution in [-0.2, 0) is 9.84 Å². The van der Waals surface area contributed by atoms with Gasteiger partial charge in [0.15, 0.2) is 9.84 Å². The highest BCUT2D eigenvalue weighted by Gasteiger charge is 2.34. The Morgan fingerprint density at radius 3 is 2.62 bits per heavy atom. The van der Waals surface area contributed by atoms with Crippen LogP contribution in [0, 0.1) is 0 Å². The minimum atomic E-state index is -3.00. The molecule has 0 spiro atoms. The zero-order valence-electron chi connectivity index (χ0n) is 11.8. The Morgan fingerprint density at radius 1 is 1.24 bits per heavy atom. The molecule has 6 nitrogen and oxygen atoms in total. The van der Waals surface area contributed by atoms with E-state index in [0.717, 1.165) is 30.6 Å². The number of anilines is 1. The number of nitrogens with zero attached hydrogens (tertiary/aromatic N) is 3. The lowest BCUT2D eigenvalue weighted by Gasteiger charge is -2.20. The van der Waals surface area contributed by atoms with E-state index in [0.29, 0.717) is 0 Å². The van der Waals surface area contributed by atoms with Crippen LogP contribution < -0.4 is 5.32 Å². The molecule has 1 aliphatic rings. The fraction of sp³-hybridized carbons (Fsp3) is 0.429. The fourth-order valence-corrected chi connectivity index (χ4v) is 4.27. The average Bonchev–Trinajstić information content (AvgIpc) is 3.09. The van der Waals surface area contributed by atoms with Crippen molar-refractivity contribution in [1.29, 1.82) is 0 Å². The van der Waals surface area contributed by atoms with E-state index in [2.05, 4.69) is 15.4 Å². The Balaban J connectivity index is 1.73. The standard InChI is InChI=1S/C14H18N4O2S/c1-21(19,20)14-4-2-3-13(14)17-11-5-7-12(8-6-11)18-10-15-9-16-18/h5-10,13-14,17H,2-4H2,1H3. The van der Waals surface area contributed by atoms with Crippen LogP contribution >= 0.6 is 0 Å². The minimum absolute atomic E-state index is 0.00257. The number of benzene rings is 1. The maximum absolute atomic E-state index is 11.8. The van der Waals surface area contributed by atoms with Gasteiger partial charge >= 0.3 is 0 Å². The fourth-order valence-electron chi connectivity index (χ4n) is 2.87. The van der Waals surface area contributed by atoms with Crippen LogP contribution in [0.2, 0.25) is 0 Å². The lowest BCUT2D eigenvalue weighted by atomic mass is 10.2. The van der Waals surface area contributed by atoms with Gasteiger partial charge in [-0.1, -0.05) is 0 Å². The zero-order valence-corrected chi connectivity index (χ0v) is 12.6. The quantitative estimate of drug-likeness (QED) is 0.929. The third-order valence-electron chi connectivity index (χ3n) is 3.91. The summed E-state index contributed by atoms with van der Waals surface area (Å²) < 4.78 is 25.2. The van der Waals surface area contributed by atoms with Gasteiger partial charge in [0.1, 0.15) is 12.7 Å². The Labute approximate surface area is 124 Å². The third kappa shape index (κ3) is 3.07. The van der Waals surface area contributed by atoms with Gasteiger partial charge in [0.2, 0.25) is 0 Å². The zero-order chi connectivity index (χ0) is 14.9. The van der Waals surface area contributed by atoms with Crippen LogP contribution in [0.15, 0.2) is 36.9 Å². The molecule has 1 aromatic carbocycles. The van der Waals surface area contributed by atoms with Crippen molar-refractivity contribution in [2.24, 2.45) is 0 Å². The summed E-state index contributed by atoms with van der Waals surface area (Å²) in [5, 5.41) is 7.13. The van der Waals surface area contributed by atoms with Gasteiger partial charge in [0, 0.05) is 18.0 Å². The Hall–Kier alpha value is -1.89. The van der Waals surface area contributed by atoms with Gasteiger partial charge in [0.05, 0.1) is 10.9 Å². The number of nitrogens with one attached hydrogen (secondary N) is 1. The van der Waals surface area contributed by atoms with Crippen molar-refractivity contribution in [3.63, 3.8) is 0 Å². The molecule has 0 aliphatic heterocycles. The van der Waals surface area contributed by atoms with Gasteiger partial charge in [-0.3, -0.25) is 0 Å². The molecule has 1 aromatic heterocycles. The van der Waals surface area contributed by atoms with Crippen molar-refractivity contribution in [3.05, 3.63) is 36.9 Å². The molecule has 1 heterocycles. The van der Waals surface area contributed by atoms with Crippen LogP contribution in [0.1, 0.15) is 19.3 Å². The van der Waals surface area contributed by atoms with E-state index in [1.54, 1.807) is 11.0 Å². The van der Waals surface area contributed by atoms with Crippen LogP contribution in [0.4, 0.5) is 5.69 Å². The van der Waals surface area contributed by atoms with Gasteiger partial charge in [-0.15, -0.1) is 0 Å². The van der Waals surface area contributed by atoms with E-state index < -0.39 is 9.84 Å². The minimum Gasteiger partial charge on any atom is -0.381 e. The van der Waals surface area contributed by atoms with Crippen LogP contribution in [-0.4, -0.2) is 40.7 Å².